The molecule has 118 valence electrons. The van der Waals surface area contributed by atoms with E-state index in [0.29, 0.717) is 0 Å². The van der Waals surface area contributed by atoms with Crippen LogP contribution in [0.4, 0.5) is 0 Å². The minimum absolute atomic E-state index is 0.847. The average molecular weight is 342 g/mol. The van der Waals surface area contributed by atoms with Gasteiger partial charge in [0, 0.05) is 21.9 Å². The first kappa shape index (κ1) is 18.6. The number of nitrogens with zero attached hydrogens (tertiary/aromatic N) is 1. The third-order valence-corrected chi connectivity index (χ3v) is 3.35. The summed E-state index contributed by atoms with van der Waals surface area (Å²) in [5.41, 5.74) is 1.28. The summed E-state index contributed by atoms with van der Waals surface area (Å²) in [5.74, 6) is 0. The average Bonchev–Trinajstić information content (AvgIpc) is 2.40. The maximum atomic E-state index is 8.49. The fourth-order valence-electron chi connectivity index (χ4n) is 1.53. The number of allylic oxidation sites excluding steroid dienone is 1. The van der Waals surface area contributed by atoms with Gasteiger partial charge in [0.1, 0.15) is 0 Å². The van der Waals surface area contributed by atoms with E-state index in [1.165, 1.54) is 10.5 Å². The normalized spacial score (nSPS) is 10.6. The van der Waals surface area contributed by atoms with Crippen molar-refractivity contribution in [2.45, 2.75) is 18.4 Å². The maximum absolute atomic E-state index is 8.49. The third kappa shape index (κ3) is 9.51. The van der Waals surface area contributed by atoms with Crippen LogP contribution in [0.5, 0.6) is 0 Å². The molecule has 2 aromatic rings. The standard InChI is InChI=1S/C15H16NS.ClHO4/c1-13-8-10-16(11-9-13)12-14(2)17-15-6-4-3-5-7-15;2-1(3,4)5/h3-11H,2,12H2,1H3;(H,2,3,4,5)/q+1;/p-1. The summed E-state index contributed by atoms with van der Waals surface area (Å²) in [7, 11) is -4.94. The van der Waals surface area contributed by atoms with E-state index in [0.717, 1.165) is 11.4 Å². The molecule has 7 heteroatoms. The van der Waals surface area contributed by atoms with Gasteiger partial charge in [-0.2, -0.15) is 0 Å². The fraction of sp³-hybridized carbons (Fsp3) is 0.133. The molecule has 0 amide bonds. The molecule has 2 rings (SSSR count). The fourth-order valence-corrected chi connectivity index (χ4v) is 2.37. The molecule has 1 aromatic heterocycles. The molecule has 0 atom stereocenters. The van der Waals surface area contributed by atoms with Gasteiger partial charge in [-0.1, -0.05) is 36.5 Å². The molecule has 0 saturated carbocycles. The number of benzene rings is 1. The Morgan fingerprint density at radius 1 is 1.05 bits per heavy atom. The Morgan fingerprint density at radius 2 is 1.55 bits per heavy atom. The monoisotopic (exact) mass is 341 g/mol. The Morgan fingerprint density at radius 3 is 2.05 bits per heavy atom. The van der Waals surface area contributed by atoms with E-state index in [9.17, 15) is 0 Å². The topological polar surface area (TPSA) is 96.1 Å². The van der Waals surface area contributed by atoms with Gasteiger partial charge in [-0.05, 0) is 24.6 Å². The number of rotatable bonds is 4. The molecule has 0 fully saturated rings. The van der Waals surface area contributed by atoms with Crippen molar-refractivity contribution in [2.24, 2.45) is 0 Å². The molecule has 0 aliphatic heterocycles. The molecule has 0 saturated heterocycles. The van der Waals surface area contributed by atoms with Crippen LogP contribution in [0.15, 0.2) is 71.2 Å². The minimum atomic E-state index is -4.94. The molecule has 5 nitrogen and oxygen atoms in total. The largest absolute Gasteiger partial charge is 0.222 e. The highest BCUT2D eigenvalue weighted by molar-refractivity contribution is 8.03. The molecule has 0 spiro atoms. The van der Waals surface area contributed by atoms with Crippen molar-refractivity contribution >= 4 is 11.8 Å². The van der Waals surface area contributed by atoms with Gasteiger partial charge < -0.3 is 0 Å². The molecule has 1 aromatic carbocycles. The second-order valence-corrected chi connectivity index (χ2v) is 6.39. The van der Waals surface area contributed by atoms with Gasteiger partial charge in [-0.3, -0.25) is 0 Å². The lowest BCUT2D eigenvalue weighted by atomic mass is 10.3. The smallest absolute Gasteiger partial charge is 0.179 e. The summed E-state index contributed by atoms with van der Waals surface area (Å²) in [5, 5.41) is 0. The summed E-state index contributed by atoms with van der Waals surface area (Å²) in [6, 6.07) is 14.6. The van der Waals surface area contributed by atoms with Crippen molar-refractivity contribution in [3.63, 3.8) is 0 Å². The highest BCUT2D eigenvalue weighted by Crippen LogP contribution is 2.24. The number of hydrogen-bond donors (Lipinski definition) is 0. The molecule has 22 heavy (non-hydrogen) atoms. The number of aryl methyl sites for hydroxylation is 1. The van der Waals surface area contributed by atoms with Crippen LogP contribution in [0.1, 0.15) is 5.56 Å². The quantitative estimate of drug-likeness (QED) is 0.516. The first-order chi connectivity index (χ1) is 10.2. The SMILES string of the molecule is C=C(C[n+]1ccc(C)cc1)Sc1ccccc1.[O-][Cl+3]([O-])([O-])[O-]. The van der Waals surface area contributed by atoms with Crippen molar-refractivity contribution < 1.29 is 33.4 Å². The molecule has 0 N–H and O–H groups in total. The van der Waals surface area contributed by atoms with Crippen molar-refractivity contribution in [2.75, 3.05) is 0 Å². The summed E-state index contributed by atoms with van der Waals surface area (Å²) in [4.78, 5) is 2.38. The summed E-state index contributed by atoms with van der Waals surface area (Å²) in [6.45, 7) is 7.05. The highest BCUT2D eigenvalue weighted by Gasteiger charge is 2.04. The van der Waals surface area contributed by atoms with Crippen LogP contribution < -0.4 is 23.2 Å². The summed E-state index contributed by atoms with van der Waals surface area (Å²) in [6.07, 6.45) is 4.18. The summed E-state index contributed by atoms with van der Waals surface area (Å²) >= 11 is 1.73. The third-order valence-electron chi connectivity index (χ3n) is 2.42. The van der Waals surface area contributed by atoms with Crippen LogP contribution >= 0.6 is 11.8 Å². The van der Waals surface area contributed by atoms with Gasteiger partial charge in [0.15, 0.2) is 18.9 Å². The number of hydrogen-bond acceptors (Lipinski definition) is 5. The molecule has 0 unspecified atom stereocenters. The van der Waals surface area contributed by atoms with Gasteiger partial charge in [0.2, 0.25) is 0 Å². The van der Waals surface area contributed by atoms with E-state index < -0.39 is 10.2 Å². The molecule has 0 aliphatic rings. The van der Waals surface area contributed by atoms with Crippen molar-refractivity contribution in [1.29, 1.82) is 0 Å². The van der Waals surface area contributed by atoms with Crippen LogP contribution in [0.25, 0.3) is 0 Å². The van der Waals surface area contributed by atoms with Gasteiger partial charge in [-0.25, -0.2) is 23.2 Å². The number of aromatic nitrogens is 1. The van der Waals surface area contributed by atoms with E-state index >= 15 is 0 Å². The van der Waals surface area contributed by atoms with Crippen LogP contribution in [-0.4, -0.2) is 0 Å². The van der Waals surface area contributed by atoms with Crippen molar-refractivity contribution in [3.05, 3.63) is 71.9 Å². The highest BCUT2D eigenvalue weighted by atomic mass is 35.7. The van der Waals surface area contributed by atoms with E-state index in [4.69, 9.17) is 18.6 Å². The maximum Gasteiger partial charge on any atom is 0.179 e. The number of pyridine rings is 1. The molecule has 0 bridgehead atoms. The lowest BCUT2D eigenvalue weighted by molar-refractivity contribution is -2.00. The lowest BCUT2D eigenvalue weighted by Crippen LogP contribution is -2.68. The van der Waals surface area contributed by atoms with Crippen LogP contribution in [-0.2, 0) is 6.54 Å². The second-order valence-electron chi connectivity index (χ2n) is 4.38. The lowest BCUT2D eigenvalue weighted by Gasteiger charge is -2.17. The van der Waals surface area contributed by atoms with Crippen LogP contribution in [0, 0.1) is 17.2 Å². The Kier molecular flexibility index (Phi) is 7.53. The second kappa shape index (κ2) is 8.89. The minimum Gasteiger partial charge on any atom is -0.222 e. The van der Waals surface area contributed by atoms with Crippen LogP contribution in [0.3, 0.4) is 0 Å². The molecule has 0 aliphatic carbocycles. The predicted molar refractivity (Wildman–Crippen MR) is 72.8 cm³/mol. The Bertz CT molecular complexity index is 579. The predicted octanol–water partition coefficient (Wildman–Crippen LogP) is -1.17. The summed E-state index contributed by atoms with van der Waals surface area (Å²) < 4.78 is 36.1. The van der Waals surface area contributed by atoms with E-state index in [-0.39, 0.29) is 0 Å². The first-order valence-corrected chi connectivity index (χ1v) is 8.27. The van der Waals surface area contributed by atoms with Gasteiger partial charge in [-0.15, -0.1) is 10.2 Å². The zero-order valence-electron chi connectivity index (χ0n) is 12.0. The molecule has 0 radical (unpaired) electrons. The van der Waals surface area contributed by atoms with E-state index in [1.54, 1.807) is 11.8 Å². The van der Waals surface area contributed by atoms with Gasteiger partial charge in [0.25, 0.3) is 0 Å². The Labute approximate surface area is 135 Å². The molecular weight excluding hydrogens is 326 g/mol. The zero-order chi connectivity index (χ0) is 16.6. The van der Waals surface area contributed by atoms with E-state index in [2.05, 4.69) is 66.9 Å². The molecular formula is C15H16ClNO4S. The van der Waals surface area contributed by atoms with Crippen LogP contribution in [0.2, 0.25) is 0 Å². The van der Waals surface area contributed by atoms with Gasteiger partial charge in [0.05, 0.1) is 0 Å². The Balaban J connectivity index is 0.000000422. The number of halogens is 1. The van der Waals surface area contributed by atoms with E-state index in [1.807, 2.05) is 6.07 Å². The Hall–Kier alpha value is -1.41. The first-order valence-electron chi connectivity index (χ1n) is 6.22. The van der Waals surface area contributed by atoms with Crippen molar-refractivity contribution in [1.82, 2.24) is 0 Å². The van der Waals surface area contributed by atoms with Gasteiger partial charge >= 0.3 is 0 Å². The molecule has 1 heterocycles. The van der Waals surface area contributed by atoms with Crippen molar-refractivity contribution in [3.8, 4) is 0 Å². The zero-order valence-corrected chi connectivity index (χ0v) is 13.5. The number of thioether (sulfide) groups is 1.